The highest BCUT2D eigenvalue weighted by molar-refractivity contribution is 7.26. The van der Waals surface area contributed by atoms with E-state index >= 15 is 0 Å². The predicted octanol–water partition coefficient (Wildman–Crippen LogP) is 14.5. The molecule has 7 aromatic rings. The van der Waals surface area contributed by atoms with Gasteiger partial charge in [-0.1, -0.05) is 104 Å². The van der Waals surface area contributed by atoms with Crippen LogP contribution in [-0.4, -0.2) is 0 Å². The van der Waals surface area contributed by atoms with Gasteiger partial charge in [-0.3, -0.25) is 0 Å². The summed E-state index contributed by atoms with van der Waals surface area (Å²) < 4.78 is 2.72. The average molecular weight is 716 g/mol. The number of rotatable bonds is 3. The highest BCUT2D eigenvalue weighted by atomic mass is 32.1. The van der Waals surface area contributed by atoms with Crippen molar-refractivity contribution in [3.05, 3.63) is 150 Å². The normalized spacial score (nSPS) is 26.4. The lowest BCUT2D eigenvalue weighted by Crippen LogP contribution is -2.48. The van der Waals surface area contributed by atoms with E-state index in [1.54, 1.807) is 22.3 Å². The van der Waals surface area contributed by atoms with Crippen LogP contribution < -0.4 is 4.90 Å². The van der Waals surface area contributed by atoms with Gasteiger partial charge in [0.2, 0.25) is 0 Å². The molecule has 5 atom stereocenters. The minimum absolute atomic E-state index is 0.117. The summed E-state index contributed by atoms with van der Waals surface area (Å²) in [5.41, 5.74) is 16.4. The van der Waals surface area contributed by atoms with Crippen molar-refractivity contribution >= 4 is 48.6 Å². The van der Waals surface area contributed by atoms with Crippen LogP contribution in [0.25, 0.3) is 42.4 Å². The average Bonchev–Trinajstić information content (AvgIpc) is 3.95. The lowest BCUT2D eigenvalue weighted by molar-refractivity contribution is 0.0618. The third kappa shape index (κ3) is 3.86. The van der Waals surface area contributed by atoms with E-state index in [1.807, 2.05) is 11.3 Å². The molecule has 5 fully saturated rings. The lowest BCUT2D eigenvalue weighted by atomic mass is 9.51. The third-order valence-electron chi connectivity index (χ3n) is 15.7. The predicted molar refractivity (Wildman–Crippen MR) is 227 cm³/mol. The first-order valence-corrected chi connectivity index (χ1v) is 21.7. The van der Waals surface area contributed by atoms with Crippen LogP contribution in [0, 0.1) is 23.7 Å². The maximum absolute atomic E-state index is 2.70. The van der Waals surface area contributed by atoms with E-state index < -0.39 is 0 Å². The van der Waals surface area contributed by atoms with Crippen LogP contribution in [0.4, 0.5) is 17.1 Å². The monoisotopic (exact) mass is 715 g/mol. The fourth-order valence-electron chi connectivity index (χ4n) is 13.9. The molecule has 0 aliphatic heterocycles. The zero-order valence-corrected chi connectivity index (χ0v) is 31.7. The second-order valence-electron chi connectivity index (χ2n) is 17.9. The summed E-state index contributed by atoms with van der Waals surface area (Å²) in [6.45, 7) is 0. The Hall–Kier alpha value is -4.66. The zero-order chi connectivity index (χ0) is 35.2. The molecular formula is C52H45NS. The van der Waals surface area contributed by atoms with Gasteiger partial charge in [0, 0.05) is 42.4 Å². The van der Waals surface area contributed by atoms with E-state index in [4.69, 9.17) is 0 Å². The summed E-state index contributed by atoms with van der Waals surface area (Å²) >= 11 is 1.93. The first-order valence-electron chi connectivity index (χ1n) is 20.9. The van der Waals surface area contributed by atoms with Gasteiger partial charge in [-0.05, 0) is 156 Å². The van der Waals surface area contributed by atoms with Crippen LogP contribution in [0.2, 0.25) is 0 Å². The van der Waals surface area contributed by atoms with Gasteiger partial charge in [0.15, 0.2) is 0 Å². The first kappa shape index (κ1) is 30.6. The fraction of sp³-hybridized carbons (Fsp3) is 0.308. The third-order valence-corrected chi connectivity index (χ3v) is 16.8. The molecule has 2 spiro atoms. The Kier molecular flexibility index (Phi) is 6.23. The Morgan fingerprint density at radius 2 is 1.19 bits per heavy atom. The van der Waals surface area contributed by atoms with Crippen molar-refractivity contribution in [2.75, 3.05) is 4.90 Å². The number of anilines is 3. The maximum Gasteiger partial charge on any atom is 0.0554 e. The number of hydrogen-bond donors (Lipinski definition) is 0. The standard InChI is InChI=1S/C52H45NS/c1-4-13-43-39(11-1)42-30-36(21-23-44(42)51(43)24-7-8-25-51)53(47-15-9-17-49-50(47)41-12-3-6-16-48(41)54-49)37-20-22-40-38-10-2-5-14-45(38)52(46(40)31-37)34-19-18-32-26-33(28-34)29-35(52)27-32/h1-6,9-17,20-23,30-35H,7-8,18-19,24-29H2. The molecule has 4 bridgehead atoms. The first-order chi connectivity index (χ1) is 26.7. The van der Waals surface area contributed by atoms with Gasteiger partial charge in [0.1, 0.15) is 0 Å². The Morgan fingerprint density at radius 1 is 0.500 bits per heavy atom. The number of thiophene rings is 1. The molecule has 5 unspecified atom stereocenters. The fourth-order valence-corrected chi connectivity index (χ4v) is 15.0. The number of hydrogen-bond acceptors (Lipinski definition) is 2. The minimum Gasteiger partial charge on any atom is -0.310 e. The van der Waals surface area contributed by atoms with Gasteiger partial charge >= 0.3 is 0 Å². The molecule has 6 aromatic carbocycles. The molecule has 0 N–H and O–H groups in total. The molecule has 0 saturated heterocycles. The zero-order valence-electron chi connectivity index (χ0n) is 30.9. The molecule has 0 radical (unpaired) electrons. The molecule has 1 aromatic heterocycles. The van der Waals surface area contributed by atoms with E-state index in [0.29, 0.717) is 0 Å². The summed E-state index contributed by atoms with van der Waals surface area (Å²) in [5.74, 6) is 3.29. The second kappa shape index (κ2) is 11.0. The molecule has 2 heteroatoms. The molecule has 14 rings (SSSR count). The SMILES string of the molecule is c1ccc2c(c1)-c1cc(N(c3ccc4c(c3)C3(c5ccccc5-4)C4CCC5CC(C4)CC3C5)c3cccc4sc5ccccc5c34)ccc1C21CCCC1. The van der Waals surface area contributed by atoms with E-state index in [0.717, 1.165) is 23.7 Å². The summed E-state index contributed by atoms with van der Waals surface area (Å²) in [4.78, 5) is 2.66. The van der Waals surface area contributed by atoms with Crippen molar-refractivity contribution in [1.82, 2.24) is 0 Å². The van der Waals surface area contributed by atoms with Crippen molar-refractivity contribution in [3.63, 3.8) is 0 Å². The Morgan fingerprint density at radius 3 is 2.09 bits per heavy atom. The van der Waals surface area contributed by atoms with Gasteiger partial charge in [-0.25, -0.2) is 0 Å². The van der Waals surface area contributed by atoms with E-state index in [-0.39, 0.29) is 10.8 Å². The molecular weight excluding hydrogens is 671 g/mol. The van der Waals surface area contributed by atoms with Gasteiger partial charge in [-0.2, -0.15) is 0 Å². The van der Waals surface area contributed by atoms with Gasteiger partial charge in [0.05, 0.1) is 5.69 Å². The molecule has 54 heavy (non-hydrogen) atoms. The highest BCUT2D eigenvalue weighted by Crippen LogP contribution is 2.68. The molecule has 5 saturated carbocycles. The highest BCUT2D eigenvalue weighted by Gasteiger charge is 2.59. The minimum atomic E-state index is 0.117. The number of fused-ring (bicyclic) bond motifs is 12. The van der Waals surface area contributed by atoms with Crippen LogP contribution in [0.5, 0.6) is 0 Å². The maximum atomic E-state index is 2.70. The molecule has 1 nitrogen and oxygen atoms in total. The van der Waals surface area contributed by atoms with Crippen LogP contribution in [0.3, 0.4) is 0 Å². The topological polar surface area (TPSA) is 3.24 Å². The van der Waals surface area contributed by atoms with Crippen molar-refractivity contribution < 1.29 is 0 Å². The molecule has 7 aliphatic carbocycles. The summed E-state index contributed by atoms with van der Waals surface area (Å²) in [7, 11) is 0. The van der Waals surface area contributed by atoms with Crippen LogP contribution in [0.1, 0.15) is 86.5 Å². The molecule has 0 amide bonds. The summed E-state index contributed by atoms with van der Waals surface area (Å²) in [6, 6.07) is 50.3. The molecule has 1 heterocycles. The van der Waals surface area contributed by atoms with Gasteiger partial charge in [0.25, 0.3) is 0 Å². The van der Waals surface area contributed by atoms with Crippen molar-refractivity contribution in [1.29, 1.82) is 0 Å². The van der Waals surface area contributed by atoms with E-state index in [1.165, 1.54) is 124 Å². The second-order valence-corrected chi connectivity index (χ2v) is 19.0. The van der Waals surface area contributed by atoms with Gasteiger partial charge in [-0.15, -0.1) is 11.3 Å². The molecule has 264 valence electrons. The van der Waals surface area contributed by atoms with E-state index in [9.17, 15) is 0 Å². The number of benzene rings is 6. The Balaban J connectivity index is 1.08. The van der Waals surface area contributed by atoms with Crippen LogP contribution >= 0.6 is 11.3 Å². The quantitative estimate of drug-likeness (QED) is 0.176. The largest absolute Gasteiger partial charge is 0.310 e. The Bertz CT molecular complexity index is 2680. The summed E-state index contributed by atoms with van der Waals surface area (Å²) in [6.07, 6.45) is 13.7. The van der Waals surface area contributed by atoms with Crippen molar-refractivity contribution in [2.24, 2.45) is 23.7 Å². The van der Waals surface area contributed by atoms with Gasteiger partial charge < -0.3 is 4.90 Å². The van der Waals surface area contributed by atoms with E-state index in [2.05, 4.69) is 132 Å². The van der Waals surface area contributed by atoms with Crippen LogP contribution in [0.15, 0.2) is 127 Å². The summed E-state index contributed by atoms with van der Waals surface area (Å²) in [5, 5.41) is 2.73. The van der Waals surface area contributed by atoms with Crippen molar-refractivity contribution in [2.45, 2.75) is 75.0 Å². The van der Waals surface area contributed by atoms with Crippen LogP contribution in [-0.2, 0) is 10.8 Å². The lowest BCUT2D eigenvalue weighted by Gasteiger charge is -2.53. The molecule has 7 aliphatic rings. The number of nitrogens with zero attached hydrogens (tertiary/aromatic N) is 1. The van der Waals surface area contributed by atoms with Crippen molar-refractivity contribution in [3.8, 4) is 22.3 Å². The smallest absolute Gasteiger partial charge is 0.0554 e. The Labute approximate surface area is 322 Å².